The van der Waals surface area contributed by atoms with Gasteiger partial charge in [0.15, 0.2) is 5.58 Å². The van der Waals surface area contributed by atoms with Gasteiger partial charge in [0.25, 0.3) is 5.89 Å². The fraction of sp³-hybridized carbons (Fsp3) is 0.118. The van der Waals surface area contributed by atoms with Gasteiger partial charge in [-0.15, -0.1) is 0 Å². The Hall–Kier alpha value is -2.46. The van der Waals surface area contributed by atoms with E-state index in [1.165, 1.54) is 0 Å². The van der Waals surface area contributed by atoms with Crippen LogP contribution in [0.4, 0.5) is 0 Å². The van der Waals surface area contributed by atoms with Gasteiger partial charge in [-0.1, -0.05) is 23.7 Å². The predicted molar refractivity (Wildman–Crippen MR) is 87.8 cm³/mol. The molecule has 0 saturated heterocycles. The quantitative estimate of drug-likeness (QED) is 0.668. The van der Waals surface area contributed by atoms with Gasteiger partial charge in [-0.25, -0.2) is 4.98 Å². The number of benzene rings is 2. The number of aromatic nitrogens is 1. The van der Waals surface area contributed by atoms with Gasteiger partial charge in [-0.2, -0.15) is 0 Å². The van der Waals surface area contributed by atoms with Crippen molar-refractivity contribution in [3.05, 3.63) is 65.6 Å². The van der Waals surface area contributed by atoms with E-state index in [1.807, 2.05) is 49.5 Å². The van der Waals surface area contributed by atoms with E-state index >= 15 is 0 Å². The number of rotatable bonds is 4. The highest BCUT2D eigenvalue weighted by molar-refractivity contribution is 6.30. The summed E-state index contributed by atoms with van der Waals surface area (Å²) in [4.78, 5) is 6.34. The molecule has 0 aliphatic rings. The van der Waals surface area contributed by atoms with Crippen molar-refractivity contribution in [2.45, 2.75) is 0 Å². The van der Waals surface area contributed by atoms with Crippen molar-refractivity contribution in [1.29, 1.82) is 0 Å². The summed E-state index contributed by atoms with van der Waals surface area (Å²) in [6.45, 7) is 0. The molecule has 0 unspecified atom stereocenters. The van der Waals surface area contributed by atoms with Crippen LogP contribution in [0.1, 0.15) is 5.89 Å². The van der Waals surface area contributed by atoms with Crippen LogP contribution in [0.5, 0.6) is 5.75 Å². The van der Waals surface area contributed by atoms with Crippen molar-refractivity contribution in [1.82, 2.24) is 9.88 Å². The van der Waals surface area contributed by atoms with Crippen LogP contribution in [0.15, 0.2) is 59.1 Å². The number of fused-ring (bicyclic) bond motifs is 1. The number of halogens is 1. The van der Waals surface area contributed by atoms with E-state index in [4.69, 9.17) is 20.8 Å². The van der Waals surface area contributed by atoms with Gasteiger partial charge in [0.2, 0.25) is 5.76 Å². The largest absolute Gasteiger partial charge is 0.450 e. The zero-order valence-electron chi connectivity index (χ0n) is 12.3. The summed E-state index contributed by atoms with van der Waals surface area (Å²) >= 11 is 5.89. The van der Waals surface area contributed by atoms with Crippen molar-refractivity contribution in [3.8, 4) is 5.75 Å². The molecule has 4 nitrogen and oxygen atoms in total. The van der Waals surface area contributed by atoms with E-state index in [-0.39, 0.29) is 0 Å². The minimum atomic E-state index is 0.435. The highest BCUT2D eigenvalue weighted by Crippen LogP contribution is 2.25. The molecule has 5 heteroatoms. The lowest BCUT2D eigenvalue weighted by atomic mass is 10.3. The Morgan fingerprint density at radius 3 is 2.55 bits per heavy atom. The monoisotopic (exact) mass is 314 g/mol. The molecule has 112 valence electrons. The molecule has 0 radical (unpaired) electrons. The molecule has 22 heavy (non-hydrogen) atoms. The molecule has 0 spiro atoms. The Balaban J connectivity index is 1.97. The summed E-state index contributed by atoms with van der Waals surface area (Å²) < 4.78 is 11.7. The second kappa shape index (κ2) is 6.12. The van der Waals surface area contributed by atoms with Crippen molar-refractivity contribution < 1.29 is 9.15 Å². The number of oxazole rings is 1. The highest BCUT2D eigenvalue weighted by Gasteiger charge is 2.13. The van der Waals surface area contributed by atoms with Gasteiger partial charge in [-0.3, -0.25) is 0 Å². The number of ether oxygens (including phenoxy) is 1. The molecule has 3 rings (SSSR count). The van der Waals surface area contributed by atoms with E-state index in [1.54, 1.807) is 24.3 Å². The molecule has 0 N–H and O–H groups in total. The van der Waals surface area contributed by atoms with Crippen molar-refractivity contribution in [2.75, 3.05) is 14.1 Å². The minimum Gasteiger partial charge on any atom is -0.450 e. The van der Waals surface area contributed by atoms with E-state index in [9.17, 15) is 0 Å². The van der Waals surface area contributed by atoms with Crippen molar-refractivity contribution >= 4 is 28.5 Å². The van der Waals surface area contributed by atoms with Gasteiger partial charge in [0, 0.05) is 25.3 Å². The zero-order valence-corrected chi connectivity index (χ0v) is 13.0. The normalized spacial score (nSPS) is 11.7. The fourth-order valence-corrected chi connectivity index (χ4v) is 2.09. The first-order valence-corrected chi connectivity index (χ1v) is 7.17. The first-order chi connectivity index (χ1) is 10.6. The Bertz CT molecular complexity index is 774. The lowest BCUT2D eigenvalue weighted by molar-refractivity contribution is 0.450. The second-order valence-corrected chi connectivity index (χ2v) is 5.44. The standard InChI is InChI=1S/C17H15ClN2O2/c1-20(2)11-16(21-13-9-7-12(18)8-10-13)17-19-14-5-3-4-6-15(14)22-17/h3-11H,1-2H3/b16-11-. The summed E-state index contributed by atoms with van der Waals surface area (Å²) in [6, 6.07) is 14.8. The van der Waals surface area contributed by atoms with Crippen LogP contribution in [0.3, 0.4) is 0 Å². The van der Waals surface area contributed by atoms with E-state index in [0.717, 1.165) is 11.1 Å². The van der Waals surface area contributed by atoms with E-state index in [0.29, 0.717) is 22.4 Å². The van der Waals surface area contributed by atoms with Crippen LogP contribution in [0, 0.1) is 0 Å². The maximum atomic E-state index is 5.90. The number of para-hydroxylation sites is 2. The third-order valence-electron chi connectivity index (χ3n) is 2.92. The van der Waals surface area contributed by atoms with Crippen LogP contribution in [-0.4, -0.2) is 24.0 Å². The Kier molecular flexibility index (Phi) is 4.02. The van der Waals surface area contributed by atoms with Crippen molar-refractivity contribution in [2.24, 2.45) is 0 Å². The van der Waals surface area contributed by atoms with Gasteiger partial charge in [0.1, 0.15) is 11.3 Å². The molecule has 0 bridgehead atoms. The smallest absolute Gasteiger partial charge is 0.265 e. The lowest BCUT2D eigenvalue weighted by Gasteiger charge is -2.11. The molecule has 0 atom stereocenters. The van der Waals surface area contributed by atoms with Crippen molar-refractivity contribution in [3.63, 3.8) is 0 Å². The summed E-state index contributed by atoms with van der Waals surface area (Å²) in [7, 11) is 3.82. The van der Waals surface area contributed by atoms with Gasteiger partial charge in [0.05, 0.1) is 0 Å². The first-order valence-electron chi connectivity index (χ1n) is 6.79. The topological polar surface area (TPSA) is 38.5 Å². The van der Waals surface area contributed by atoms with E-state index in [2.05, 4.69) is 4.98 Å². The lowest BCUT2D eigenvalue weighted by Crippen LogP contribution is -2.06. The Labute approximate surface area is 133 Å². The highest BCUT2D eigenvalue weighted by atomic mass is 35.5. The molecule has 0 saturated carbocycles. The van der Waals surface area contributed by atoms with Crippen LogP contribution >= 0.6 is 11.6 Å². The van der Waals surface area contributed by atoms with Gasteiger partial charge in [-0.05, 0) is 36.4 Å². The van der Waals surface area contributed by atoms with Gasteiger partial charge < -0.3 is 14.1 Å². The molecule has 3 aromatic rings. The predicted octanol–water partition coefficient (Wildman–Crippen LogP) is 4.42. The fourth-order valence-electron chi connectivity index (χ4n) is 1.97. The van der Waals surface area contributed by atoms with Gasteiger partial charge >= 0.3 is 0 Å². The molecule has 2 aromatic carbocycles. The maximum absolute atomic E-state index is 5.90. The van der Waals surface area contributed by atoms with Crippen LogP contribution in [0.25, 0.3) is 16.9 Å². The summed E-state index contributed by atoms with van der Waals surface area (Å²) in [5.41, 5.74) is 1.52. The number of hydrogen-bond donors (Lipinski definition) is 0. The third-order valence-corrected chi connectivity index (χ3v) is 3.17. The molecule has 0 amide bonds. The van der Waals surface area contributed by atoms with Crippen LogP contribution in [-0.2, 0) is 0 Å². The van der Waals surface area contributed by atoms with E-state index < -0.39 is 0 Å². The average molecular weight is 315 g/mol. The van der Waals surface area contributed by atoms with Crippen LogP contribution in [0.2, 0.25) is 5.02 Å². The average Bonchev–Trinajstić information content (AvgIpc) is 2.92. The molecular formula is C17H15ClN2O2. The molecule has 1 aromatic heterocycles. The number of nitrogens with zero attached hydrogens (tertiary/aromatic N) is 2. The second-order valence-electron chi connectivity index (χ2n) is 5.00. The Morgan fingerprint density at radius 2 is 1.86 bits per heavy atom. The first kappa shape index (κ1) is 14.5. The molecule has 0 aliphatic heterocycles. The number of hydrogen-bond acceptors (Lipinski definition) is 4. The molecule has 0 aliphatic carbocycles. The summed E-state index contributed by atoms with van der Waals surface area (Å²) in [5.74, 6) is 1.63. The summed E-state index contributed by atoms with van der Waals surface area (Å²) in [6.07, 6.45) is 1.82. The zero-order chi connectivity index (χ0) is 15.5. The SMILES string of the molecule is CN(C)/C=C(\Oc1ccc(Cl)cc1)c1nc2ccccc2o1. The Morgan fingerprint density at radius 1 is 1.14 bits per heavy atom. The molecule has 1 heterocycles. The molecular weight excluding hydrogens is 300 g/mol. The minimum absolute atomic E-state index is 0.435. The molecule has 0 fully saturated rings. The van der Waals surface area contributed by atoms with Crippen LogP contribution < -0.4 is 4.74 Å². The third kappa shape index (κ3) is 3.23. The maximum Gasteiger partial charge on any atom is 0.265 e. The summed E-state index contributed by atoms with van der Waals surface area (Å²) in [5, 5.41) is 0.660.